The van der Waals surface area contributed by atoms with Crippen LogP contribution in [-0.4, -0.2) is 32.4 Å². The van der Waals surface area contributed by atoms with E-state index in [1.54, 1.807) is 24.0 Å². The summed E-state index contributed by atoms with van der Waals surface area (Å²) < 4.78 is 1.57. The van der Waals surface area contributed by atoms with Gasteiger partial charge in [0.2, 0.25) is 0 Å². The number of carbonyl (C=O) groups is 1. The average Bonchev–Trinajstić information content (AvgIpc) is 2.94. The van der Waals surface area contributed by atoms with E-state index >= 15 is 0 Å². The Labute approximate surface area is 105 Å². The van der Waals surface area contributed by atoms with Crippen LogP contribution in [0.5, 0.6) is 0 Å². The molecule has 0 unspecified atom stereocenters. The molecule has 0 fully saturated rings. The molecule has 6 heteroatoms. The van der Waals surface area contributed by atoms with Gasteiger partial charge in [-0.25, -0.2) is 0 Å². The zero-order valence-corrected chi connectivity index (χ0v) is 10.6. The number of aryl methyl sites for hydroxylation is 3. The lowest BCUT2D eigenvalue weighted by molar-refractivity contribution is 0.0944. The van der Waals surface area contributed by atoms with Gasteiger partial charge >= 0.3 is 0 Å². The number of carbonyl (C=O) groups excluding carboxylic acids is 1. The standard InChI is InChI=1S/C12H17N5O/c1-9-10(8-14-16-9)4-3-6-13-12(18)11-5-7-15-17(11)2/h5,7-8H,3-4,6H2,1-2H3,(H,13,18)(H,14,16). The Morgan fingerprint density at radius 1 is 1.56 bits per heavy atom. The molecule has 0 aliphatic heterocycles. The first-order valence-corrected chi connectivity index (χ1v) is 5.93. The van der Waals surface area contributed by atoms with Gasteiger partial charge in [0.15, 0.2) is 0 Å². The maximum absolute atomic E-state index is 11.8. The Hall–Kier alpha value is -2.11. The minimum absolute atomic E-state index is 0.0843. The van der Waals surface area contributed by atoms with E-state index in [0.717, 1.165) is 18.5 Å². The van der Waals surface area contributed by atoms with Crippen LogP contribution < -0.4 is 5.32 Å². The molecule has 0 aliphatic carbocycles. The first-order chi connectivity index (χ1) is 8.68. The first kappa shape index (κ1) is 12.3. The van der Waals surface area contributed by atoms with Crippen molar-refractivity contribution in [3.63, 3.8) is 0 Å². The number of nitrogens with one attached hydrogen (secondary N) is 2. The summed E-state index contributed by atoms with van der Waals surface area (Å²) in [5.74, 6) is -0.0843. The predicted octanol–water partition coefficient (Wildman–Crippen LogP) is 0.814. The van der Waals surface area contributed by atoms with Crippen molar-refractivity contribution in [3.8, 4) is 0 Å². The summed E-state index contributed by atoms with van der Waals surface area (Å²) in [5, 5.41) is 13.7. The third-order valence-corrected chi connectivity index (χ3v) is 2.90. The number of H-pyrrole nitrogens is 1. The van der Waals surface area contributed by atoms with Crippen molar-refractivity contribution in [2.45, 2.75) is 19.8 Å². The third kappa shape index (κ3) is 2.77. The van der Waals surface area contributed by atoms with Gasteiger partial charge in [-0.05, 0) is 31.4 Å². The van der Waals surface area contributed by atoms with Crippen molar-refractivity contribution >= 4 is 5.91 Å². The van der Waals surface area contributed by atoms with E-state index in [2.05, 4.69) is 20.6 Å². The highest BCUT2D eigenvalue weighted by Gasteiger charge is 2.08. The third-order valence-electron chi connectivity index (χ3n) is 2.90. The van der Waals surface area contributed by atoms with Gasteiger partial charge in [0.05, 0.1) is 6.20 Å². The van der Waals surface area contributed by atoms with Gasteiger partial charge in [-0.3, -0.25) is 14.6 Å². The molecule has 18 heavy (non-hydrogen) atoms. The zero-order valence-electron chi connectivity index (χ0n) is 10.6. The van der Waals surface area contributed by atoms with Crippen LogP contribution in [0.4, 0.5) is 0 Å². The van der Waals surface area contributed by atoms with E-state index in [0.29, 0.717) is 12.2 Å². The molecule has 0 radical (unpaired) electrons. The largest absolute Gasteiger partial charge is 0.351 e. The number of aromatic nitrogens is 4. The molecular weight excluding hydrogens is 230 g/mol. The lowest BCUT2D eigenvalue weighted by atomic mass is 10.1. The summed E-state index contributed by atoms with van der Waals surface area (Å²) in [6.45, 7) is 2.64. The van der Waals surface area contributed by atoms with Crippen LogP contribution in [0.1, 0.15) is 28.2 Å². The number of hydrogen-bond acceptors (Lipinski definition) is 3. The summed E-state index contributed by atoms with van der Waals surface area (Å²) >= 11 is 0. The normalized spacial score (nSPS) is 10.6. The monoisotopic (exact) mass is 247 g/mol. The SMILES string of the molecule is Cc1[nH]ncc1CCCNC(=O)c1ccnn1C. The quantitative estimate of drug-likeness (QED) is 0.768. The number of amides is 1. The molecule has 1 amide bonds. The van der Waals surface area contributed by atoms with Crippen LogP contribution in [0.2, 0.25) is 0 Å². The van der Waals surface area contributed by atoms with Crippen molar-refractivity contribution in [3.05, 3.63) is 35.4 Å². The van der Waals surface area contributed by atoms with Crippen LogP contribution in [0.3, 0.4) is 0 Å². The molecule has 0 aliphatic rings. The van der Waals surface area contributed by atoms with E-state index in [1.807, 2.05) is 13.1 Å². The van der Waals surface area contributed by atoms with Crippen LogP contribution in [0, 0.1) is 6.92 Å². The molecule has 96 valence electrons. The van der Waals surface area contributed by atoms with Crippen molar-refractivity contribution in [1.29, 1.82) is 0 Å². The molecule has 6 nitrogen and oxygen atoms in total. The Balaban J connectivity index is 1.75. The fraction of sp³-hybridized carbons (Fsp3) is 0.417. The van der Waals surface area contributed by atoms with Gasteiger partial charge in [0, 0.05) is 25.5 Å². The number of nitrogens with zero attached hydrogens (tertiary/aromatic N) is 3. The Morgan fingerprint density at radius 3 is 3.00 bits per heavy atom. The maximum Gasteiger partial charge on any atom is 0.269 e. The summed E-state index contributed by atoms with van der Waals surface area (Å²) in [6.07, 6.45) is 5.25. The average molecular weight is 247 g/mol. The summed E-state index contributed by atoms with van der Waals surface area (Å²) in [4.78, 5) is 11.8. The van der Waals surface area contributed by atoms with Crippen LogP contribution in [0.25, 0.3) is 0 Å². The summed E-state index contributed by atoms with van der Waals surface area (Å²) in [5.41, 5.74) is 2.87. The van der Waals surface area contributed by atoms with Crippen LogP contribution in [0.15, 0.2) is 18.5 Å². The molecule has 0 saturated carbocycles. The number of rotatable bonds is 5. The number of aromatic amines is 1. The molecule has 0 aromatic carbocycles. The van der Waals surface area contributed by atoms with E-state index in [4.69, 9.17) is 0 Å². The zero-order chi connectivity index (χ0) is 13.0. The molecule has 2 rings (SSSR count). The van der Waals surface area contributed by atoms with Crippen molar-refractivity contribution in [2.75, 3.05) is 6.54 Å². The lowest BCUT2D eigenvalue weighted by Gasteiger charge is -2.05. The Kier molecular flexibility index (Phi) is 3.76. The van der Waals surface area contributed by atoms with Crippen molar-refractivity contribution in [1.82, 2.24) is 25.3 Å². The van der Waals surface area contributed by atoms with E-state index in [9.17, 15) is 4.79 Å². The second-order valence-electron chi connectivity index (χ2n) is 4.22. The van der Waals surface area contributed by atoms with Crippen LogP contribution in [-0.2, 0) is 13.5 Å². The van der Waals surface area contributed by atoms with Gasteiger partial charge < -0.3 is 5.32 Å². The molecule has 2 N–H and O–H groups in total. The first-order valence-electron chi connectivity index (χ1n) is 5.93. The Morgan fingerprint density at radius 2 is 2.39 bits per heavy atom. The highest BCUT2D eigenvalue weighted by molar-refractivity contribution is 5.92. The van der Waals surface area contributed by atoms with Crippen molar-refractivity contribution < 1.29 is 4.79 Å². The molecule has 0 atom stereocenters. The minimum Gasteiger partial charge on any atom is -0.351 e. The molecular formula is C12H17N5O. The highest BCUT2D eigenvalue weighted by Crippen LogP contribution is 2.05. The fourth-order valence-electron chi connectivity index (χ4n) is 1.80. The second kappa shape index (κ2) is 5.48. The van der Waals surface area contributed by atoms with E-state index in [1.165, 1.54) is 5.56 Å². The van der Waals surface area contributed by atoms with E-state index in [-0.39, 0.29) is 5.91 Å². The topological polar surface area (TPSA) is 75.6 Å². The maximum atomic E-state index is 11.8. The van der Waals surface area contributed by atoms with Gasteiger partial charge in [0.1, 0.15) is 5.69 Å². The smallest absolute Gasteiger partial charge is 0.269 e. The Bertz CT molecular complexity index is 528. The predicted molar refractivity (Wildman–Crippen MR) is 67.2 cm³/mol. The molecule has 0 bridgehead atoms. The molecule has 2 heterocycles. The fourth-order valence-corrected chi connectivity index (χ4v) is 1.80. The lowest BCUT2D eigenvalue weighted by Crippen LogP contribution is -2.26. The summed E-state index contributed by atoms with van der Waals surface area (Å²) in [6, 6.07) is 1.70. The van der Waals surface area contributed by atoms with Gasteiger partial charge in [-0.15, -0.1) is 0 Å². The van der Waals surface area contributed by atoms with Gasteiger partial charge in [-0.2, -0.15) is 10.2 Å². The van der Waals surface area contributed by atoms with Crippen LogP contribution >= 0.6 is 0 Å². The molecule has 0 spiro atoms. The van der Waals surface area contributed by atoms with Crippen molar-refractivity contribution in [2.24, 2.45) is 7.05 Å². The minimum atomic E-state index is -0.0843. The number of hydrogen-bond donors (Lipinski definition) is 2. The second-order valence-corrected chi connectivity index (χ2v) is 4.22. The van der Waals surface area contributed by atoms with Gasteiger partial charge in [0.25, 0.3) is 5.91 Å². The molecule has 0 saturated heterocycles. The molecule has 2 aromatic heterocycles. The highest BCUT2D eigenvalue weighted by atomic mass is 16.2. The van der Waals surface area contributed by atoms with E-state index < -0.39 is 0 Å². The molecule has 2 aromatic rings. The summed E-state index contributed by atoms with van der Waals surface area (Å²) in [7, 11) is 1.75. The van der Waals surface area contributed by atoms with Gasteiger partial charge in [-0.1, -0.05) is 0 Å².